The highest BCUT2D eigenvalue weighted by Crippen LogP contribution is 2.26. The minimum atomic E-state index is 0.451. The maximum absolute atomic E-state index is 5.87. The number of ether oxygens (including phenoxy) is 1. The van der Waals surface area contributed by atoms with Crippen LogP contribution in [0.4, 0.5) is 0 Å². The quantitative estimate of drug-likeness (QED) is 0.614. The smallest absolute Gasteiger partial charge is 0.101 e. The zero-order valence-corrected chi connectivity index (χ0v) is 8.63. The van der Waals surface area contributed by atoms with Gasteiger partial charge in [0, 0.05) is 5.92 Å². The number of rotatable bonds is 2. The summed E-state index contributed by atoms with van der Waals surface area (Å²) in [4.78, 5) is 0. The van der Waals surface area contributed by atoms with E-state index in [4.69, 9.17) is 4.74 Å². The fourth-order valence-electron chi connectivity index (χ4n) is 1.51. The van der Waals surface area contributed by atoms with Gasteiger partial charge in [0.15, 0.2) is 0 Å². The molecule has 0 aromatic rings. The standard InChI is InChI=1S/C11H20O/c1-8(2)10-6-5-7-11(12-10)9(3)4/h6,8-9,11H,5,7H2,1-4H3. The van der Waals surface area contributed by atoms with Crippen molar-refractivity contribution in [3.05, 3.63) is 11.8 Å². The Morgan fingerprint density at radius 3 is 2.50 bits per heavy atom. The third-order valence-corrected chi connectivity index (χ3v) is 2.40. The third-order valence-electron chi connectivity index (χ3n) is 2.40. The van der Waals surface area contributed by atoms with Gasteiger partial charge in [-0.05, 0) is 24.8 Å². The molecule has 1 nitrogen and oxygen atoms in total. The molecule has 1 aliphatic heterocycles. The first-order valence-corrected chi connectivity index (χ1v) is 4.98. The van der Waals surface area contributed by atoms with Gasteiger partial charge in [0.1, 0.15) is 6.10 Å². The van der Waals surface area contributed by atoms with Gasteiger partial charge < -0.3 is 4.74 Å². The summed E-state index contributed by atoms with van der Waals surface area (Å²) >= 11 is 0. The van der Waals surface area contributed by atoms with Crippen LogP contribution in [0.1, 0.15) is 40.5 Å². The summed E-state index contributed by atoms with van der Waals surface area (Å²) in [7, 11) is 0. The Balaban J connectivity index is 2.53. The van der Waals surface area contributed by atoms with E-state index in [1.165, 1.54) is 18.6 Å². The predicted molar refractivity (Wildman–Crippen MR) is 51.9 cm³/mol. The maximum atomic E-state index is 5.87. The summed E-state index contributed by atoms with van der Waals surface area (Å²) in [6.07, 6.45) is 5.07. The van der Waals surface area contributed by atoms with Crippen LogP contribution in [0.25, 0.3) is 0 Å². The molecule has 1 rings (SSSR count). The van der Waals surface area contributed by atoms with E-state index >= 15 is 0 Å². The number of hydrogen-bond donors (Lipinski definition) is 0. The van der Waals surface area contributed by atoms with E-state index in [0.717, 1.165) is 0 Å². The van der Waals surface area contributed by atoms with Crippen LogP contribution in [0.2, 0.25) is 0 Å². The van der Waals surface area contributed by atoms with Crippen LogP contribution in [0, 0.1) is 11.8 Å². The summed E-state index contributed by atoms with van der Waals surface area (Å²) < 4.78 is 5.87. The Labute approximate surface area is 75.8 Å². The Kier molecular flexibility index (Phi) is 3.19. The van der Waals surface area contributed by atoms with E-state index in [2.05, 4.69) is 33.8 Å². The molecular formula is C11H20O. The molecule has 0 N–H and O–H groups in total. The zero-order valence-electron chi connectivity index (χ0n) is 8.63. The highest BCUT2D eigenvalue weighted by Gasteiger charge is 2.20. The molecule has 0 saturated carbocycles. The van der Waals surface area contributed by atoms with Crippen molar-refractivity contribution >= 4 is 0 Å². The van der Waals surface area contributed by atoms with Crippen molar-refractivity contribution < 1.29 is 4.74 Å². The van der Waals surface area contributed by atoms with Gasteiger partial charge in [0.2, 0.25) is 0 Å². The van der Waals surface area contributed by atoms with E-state index in [1.54, 1.807) is 0 Å². The van der Waals surface area contributed by atoms with Crippen molar-refractivity contribution in [1.29, 1.82) is 0 Å². The Morgan fingerprint density at radius 1 is 1.33 bits per heavy atom. The second-order valence-corrected chi connectivity index (χ2v) is 4.24. The molecule has 0 bridgehead atoms. The number of hydrogen-bond acceptors (Lipinski definition) is 1. The molecule has 0 aliphatic carbocycles. The van der Waals surface area contributed by atoms with Crippen LogP contribution >= 0.6 is 0 Å². The van der Waals surface area contributed by atoms with Gasteiger partial charge >= 0.3 is 0 Å². The van der Waals surface area contributed by atoms with Gasteiger partial charge in [-0.25, -0.2) is 0 Å². The highest BCUT2D eigenvalue weighted by atomic mass is 16.5. The van der Waals surface area contributed by atoms with Crippen molar-refractivity contribution in [3.63, 3.8) is 0 Å². The highest BCUT2D eigenvalue weighted by molar-refractivity contribution is 5.00. The lowest BCUT2D eigenvalue weighted by molar-refractivity contribution is 0.0442. The van der Waals surface area contributed by atoms with Gasteiger partial charge in [-0.15, -0.1) is 0 Å². The van der Waals surface area contributed by atoms with Gasteiger partial charge in [-0.1, -0.05) is 27.7 Å². The van der Waals surface area contributed by atoms with E-state index in [0.29, 0.717) is 17.9 Å². The summed E-state index contributed by atoms with van der Waals surface area (Å²) in [6.45, 7) is 8.84. The van der Waals surface area contributed by atoms with Crippen LogP contribution in [0.3, 0.4) is 0 Å². The first-order chi connectivity index (χ1) is 5.61. The third kappa shape index (κ3) is 2.26. The average Bonchev–Trinajstić information content (AvgIpc) is 2.04. The monoisotopic (exact) mass is 168 g/mol. The van der Waals surface area contributed by atoms with Crippen LogP contribution < -0.4 is 0 Å². The minimum Gasteiger partial charge on any atom is -0.495 e. The topological polar surface area (TPSA) is 9.23 Å². The largest absolute Gasteiger partial charge is 0.495 e. The van der Waals surface area contributed by atoms with Crippen LogP contribution in [0.15, 0.2) is 11.8 Å². The summed E-state index contributed by atoms with van der Waals surface area (Å²) in [5, 5.41) is 0. The van der Waals surface area contributed by atoms with Crippen molar-refractivity contribution in [2.24, 2.45) is 11.8 Å². The second kappa shape index (κ2) is 3.97. The van der Waals surface area contributed by atoms with Crippen LogP contribution in [0.5, 0.6) is 0 Å². The molecule has 12 heavy (non-hydrogen) atoms. The van der Waals surface area contributed by atoms with Gasteiger partial charge in [0.05, 0.1) is 5.76 Å². The Bertz CT molecular complexity index is 168. The molecule has 0 radical (unpaired) electrons. The molecule has 1 aliphatic rings. The average molecular weight is 168 g/mol. The molecule has 0 aromatic carbocycles. The SMILES string of the molecule is CC(C)C1=CCCC(C(C)C)O1. The van der Waals surface area contributed by atoms with Crippen molar-refractivity contribution in [2.45, 2.75) is 46.6 Å². The summed E-state index contributed by atoms with van der Waals surface area (Å²) in [5.74, 6) is 2.39. The van der Waals surface area contributed by atoms with E-state index in [9.17, 15) is 0 Å². The Morgan fingerprint density at radius 2 is 2.00 bits per heavy atom. The zero-order chi connectivity index (χ0) is 9.14. The number of allylic oxidation sites excluding steroid dienone is 2. The summed E-state index contributed by atoms with van der Waals surface area (Å²) in [6, 6.07) is 0. The fraction of sp³-hybridized carbons (Fsp3) is 0.818. The normalized spacial score (nSPS) is 24.2. The van der Waals surface area contributed by atoms with Crippen molar-refractivity contribution in [2.75, 3.05) is 0 Å². The minimum absolute atomic E-state index is 0.451. The lowest BCUT2D eigenvalue weighted by atomic mass is 9.98. The van der Waals surface area contributed by atoms with E-state index in [1.807, 2.05) is 0 Å². The first kappa shape index (κ1) is 9.63. The lowest BCUT2D eigenvalue weighted by Crippen LogP contribution is -2.23. The molecule has 0 amide bonds. The van der Waals surface area contributed by atoms with Crippen LogP contribution in [-0.4, -0.2) is 6.10 Å². The first-order valence-electron chi connectivity index (χ1n) is 4.98. The van der Waals surface area contributed by atoms with Gasteiger partial charge in [0.25, 0.3) is 0 Å². The second-order valence-electron chi connectivity index (χ2n) is 4.24. The maximum Gasteiger partial charge on any atom is 0.101 e. The van der Waals surface area contributed by atoms with E-state index < -0.39 is 0 Å². The molecule has 1 heterocycles. The van der Waals surface area contributed by atoms with Crippen LogP contribution in [-0.2, 0) is 4.74 Å². The molecular weight excluding hydrogens is 148 g/mol. The molecule has 1 atom stereocenters. The molecule has 1 unspecified atom stereocenters. The molecule has 0 aromatic heterocycles. The fourth-order valence-corrected chi connectivity index (χ4v) is 1.51. The molecule has 0 fully saturated rings. The molecule has 0 spiro atoms. The lowest BCUT2D eigenvalue weighted by Gasteiger charge is -2.29. The van der Waals surface area contributed by atoms with E-state index in [-0.39, 0.29) is 0 Å². The summed E-state index contributed by atoms with van der Waals surface area (Å²) in [5.41, 5.74) is 0. The predicted octanol–water partition coefficient (Wildman–Crippen LogP) is 3.36. The van der Waals surface area contributed by atoms with Gasteiger partial charge in [-0.3, -0.25) is 0 Å². The van der Waals surface area contributed by atoms with Gasteiger partial charge in [-0.2, -0.15) is 0 Å². The molecule has 70 valence electrons. The molecule has 1 heteroatoms. The Hall–Kier alpha value is -0.460. The molecule has 0 saturated heterocycles. The van der Waals surface area contributed by atoms with Crippen molar-refractivity contribution in [1.82, 2.24) is 0 Å². The van der Waals surface area contributed by atoms with Crippen molar-refractivity contribution in [3.8, 4) is 0 Å².